The molecule has 1 unspecified atom stereocenters. The lowest BCUT2D eigenvalue weighted by Gasteiger charge is -2.33. The van der Waals surface area contributed by atoms with Crippen LogP contribution in [0, 0.1) is 5.92 Å². The van der Waals surface area contributed by atoms with E-state index in [-0.39, 0.29) is 0 Å². The van der Waals surface area contributed by atoms with E-state index >= 15 is 0 Å². The second-order valence-corrected chi connectivity index (χ2v) is 5.84. The van der Waals surface area contributed by atoms with E-state index in [2.05, 4.69) is 24.2 Å². The van der Waals surface area contributed by atoms with Crippen molar-refractivity contribution in [3.63, 3.8) is 0 Å². The van der Waals surface area contributed by atoms with Gasteiger partial charge >= 0.3 is 0 Å². The van der Waals surface area contributed by atoms with Crippen molar-refractivity contribution in [1.29, 1.82) is 0 Å². The van der Waals surface area contributed by atoms with Crippen molar-refractivity contribution in [2.75, 3.05) is 39.9 Å². The summed E-state index contributed by atoms with van der Waals surface area (Å²) in [6.07, 6.45) is 5.15. The molecule has 1 atom stereocenters. The molecule has 0 aromatic heterocycles. The van der Waals surface area contributed by atoms with Gasteiger partial charge in [-0.3, -0.25) is 0 Å². The van der Waals surface area contributed by atoms with Crippen LogP contribution in [0.4, 0.5) is 0 Å². The number of rotatable bonds is 4. The molecule has 2 fully saturated rings. The first-order valence-corrected chi connectivity index (χ1v) is 6.69. The first-order chi connectivity index (χ1) is 7.68. The molecule has 2 rings (SSSR count). The van der Waals surface area contributed by atoms with Crippen LogP contribution in [0.15, 0.2) is 0 Å². The van der Waals surface area contributed by atoms with Crippen LogP contribution in [0.1, 0.15) is 32.6 Å². The van der Waals surface area contributed by atoms with Crippen molar-refractivity contribution in [2.24, 2.45) is 5.92 Å². The van der Waals surface area contributed by atoms with Crippen LogP contribution in [-0.2, 0) is 4.74 Å². The number of nitrogens with one attached hydrogen (secondary N) is 1. The standard InChI is InChI=1S/C13H26N2O/c1-13(6-3-7-14-13)11-15(2)10-12-4-8-16-9-5-12/h12,14H,3-11H2,1-2H3. The van der Waals surface area contributed by atoms with E-state index in [0.29, 0.717) is 5.54 Å². The molecule has 16 heavy (non-hydrogen) atoms. The normalized spacial score (nSPS) is 32.4. The minimum atomic E-state index is 0.361. The summed E-state index contributed by atoms with van der Waals surface area (Å²) in [6.45, 7) is 7.91. The van der Waals surface area contributed by atoms with Gasteiger partial charge in [-0.05, 0) is 52.1 Å². The number of ether oxygens (including phenoxy) is 1. The lowest BCUT2D eigenvalue weighted by molar-refractivity contribution is 0.0530. The predicted octanol–water partition coefficient (Wildman–Crippen LogP) is 1.49. The third kappa shape index (κ3) is 3.44. The average Bonchev–Trinajstić information content (AvgIpc) is 2.66. The summed E-state index contributed by atoms with van der Waals surface area (Å²) in [5.41, 5.74) is 0.361. The van der Waals surface area contributed by atoms with Gasteiger partial charge in [0, 0.05) is 31.8 Å². The van der Waals surface area contributed by atoms with Gasteiger partial charge in [-0.15, -0.1) is 0 Å². The molecule has 2 saturated heterocycles. The second kappa shape index (κ2) is 5.48. The lowest BCUT2D eigenvalue weighted by atomic mass is 9.97. The van der Waals surface area contributed by atoms with Crippen molar-refractivity contribution in [1.82, 2.24) is 10.2 Å². The molecule has 0 aliphatic carbocycles. The Morgan fingerprint density at radius 3 is 2.75 bits per heavy atom. The molecule has 0 aromatic carbocycles. The summed E-state index contributed by atoms with van der Waals surface area (Å²) in [6, 6.07) is 0. The smallest absolute Gasteiger partial charge is 0.0469 e. The van der Waals surface area contributed by atoms with Gasteiger partial charge in [0.15, 0.2) is 0 Å². The summed E-state index contributed by atoms with van der Waals surface area (Å²) >= 11 is 0. The summed E-state index contributed by atoms with van der Waals surface area (Å²) in [5, 5.41) is 3.63. The van der Waals surface area contributed by atoms with Gasteiger partial charge in [0.1, 0.15) is 0 Å². The highest BCUT2D eigenvalue weighted by Crippen LogP contribution is 2.21. The van der Waals surface area contributed by atoms with Gasteiger partial charge in [-0.1, -0.05) is 0 Å². The molecule has 0 aromatic rings. The molecule has 0 saturated carbocycles. The van der Waals surface area contributed by atoms with Gasteiger partial charge in [-0.2, -0.15) is 0 Å². The van der Waals surface area contributed by atoms with Crippen molar-refractivity contribution in [2.45, 2.75) is 38.1 Å². The Bertz CT molecular complexity index is 208. The largest absolute Gasteiger partial charge is 0.381 e. The highest BCUT2D eigenvalue weighted by molar-refractivity contribution is 4.91. The Morgan fingerprint density at radius 2 is 2.12 bits per heavy atom. The van der Waals surface area contributed by atoms with E-state index < -0.39 is 0 Å². The number of likely N-dealkylation sites (N-methyl/N-ethyl adjacent to an activating group) is 1. The van der Waals surface area contributed by atoms with Crippen LogP contribution >= 0.6 is 0 Å². The van der Waals surface area contributed by atoms with Crippen LogP contribution in [0.5, 0.6) is 0 Å². The molecule has 0 amide bonds. The first-order valence-electron chi connectivity index (χ1n) is 6.69. The molecular formula is C13H26N2O. The topological polar surface area (TPSA) is 24.5 Å². The third-order valence-electron chi connectivity index (χ3n) is 3.99. The first kappa shape index (κ1) is 12.3. The van der Waals surface area contributed by atoms with Gasteiger partial charge in [0.2, 0.25) is 0 Å². The maximum atomic E-state index is 5.40. The molecule has 2 heterocycles. The van der Waals surface area contributed by atoms with E-state index in [1.165, 1.54) is 45.3 Å². The van der Waals surface area contributed by atoms with Gasteiger partial charge in [0.05, 0.1) is 0 Å². The molecule has 0 radical (unpaired) electrons. The second-order valence-electron chi connectivity index (χ2n) is 5.84. The summed E-state index contributed by atoms with van der Waals surface area (Å²) in [4.78, 5) is 2.51. The molecule has 2 aliphatic rings. The van der Waals surface area contributed by atoms with Crippen LogP contribution in [-0.4, -0.2) is 50.3 Å². The maximum absolute atomic E-state index is 5.40. The van der Waals surface area contributed by atoms with Crippen LogP contribution in [0.3, 0.4) is 0 Å². The maximum Gasteiger partial charge on any atom is 0.0469 e. The van der Waals surface area contributed by atoms with Gasteiger partial charge in [0.25, 0.3) is 0 Å². The third-order valence-corrected chi connectivity index (χ3v) is 3.99. The summed E-state index contributed by atoms with van der Waals surface area (Å²) < 4.78 is 5.40. The zero-order valence-electron chi connectivity index (χ0n) is 10.8. The predicted molar refractivity (Wildman–Crippen MR) is 66.7 cm³/mol. The fourth-order valence-electron chi connectivity index (χ4n) is 3.12. The highest BCUT2D eigenvalue weighted by Gasteiger charge is 2.29. The van der Waals surface area contributed by atoms with Crippen molar-refractivity contribution < 1.29 is 4.74 Å². The number of nitrogens with zero attached hydrogens (tertiary/aromatic N) is 1. The molecule has 94 valence electrons. The number of hydrogen-bond acceptors (Lipinski definition) is 3. The minimum absolute atomic E-state index is 0.361. The monoisotopic (exact) mass is 226 g/mol. The Morgan fingerprint density at radius 1 is 1.38 bits per heavy atom. The zero-order chi connectivity index (χ0) is 11.4. The van der Waals surface area contributed by atoms with E-state index in [1.54, 1.807) is 0 Å². The number of hydrogen-bond donors (Lipinski definition) is 1. The van der Waals surface area contributed by atoms with Crippen LogP contribution in [0.2, 0.25) is 0 Å². The lowest BCUT2D eigenvalue weighted by Crippen LogP contribution is -2.47. The van der Waals surface area contributed by atoms with Crippen molar-refractivity contribution in [3.05, 3.63) is 0 Å². The molecule has 1 N–H and O–H groups in total. The summed E-state index contributed by atoms with van der Waals surface area (Å²) in [7, 11) is 2.26. The molecule has 0 bridgehead atoms. The average molecular weight is 226 g/mol. The van der Waals surface area contributed by atoms with Crippen molar-refractivity contribution in [3.8, 4) is 0 Å². The fraction of sp³-hybridized carbons (Fsp3) is 1.00. The quantitative estimate of drug-likeness (QED) is 0.786. The minimum Gasteiger partial charge on any atom is -0.381 e. The Hall–Kier alpha value is -0.120. The molecule has 2 aliphatic heterocycles. The zero-order valence-corrected chi connectivity index (χ0v) is 10.8. The van der Waals surface area contributed by atoms with Crippen molar-refractivity contribution >= 4 is 0 Å². The Kier molecular flexibility index (Phi) is 4.22. The Balaban J connectivity index is 1.72. The van der Waals surface area contributed by atoms with E-state index in [0.717, 1.165) is 19.1 Å². The van der Waals surface area contributed by atoms with E-state index in [1.807, 2.05) is 0 Å². The van der Waals surface area contributed by atoms with Crippen LogP contribution < -0.4 is 5.32 Å². The van der Waals surface area contributed by atoms with E-state index in [4.69, 9.17) is 4.74 Å². The highest BCUT2D eigenvalue weighted by atomic mass is 16.5. The van der Waals surface area contributed by atoms with Gasteiger partial charge in [-0.25, -0.2) is 0 Å². The Labute approximate surface area is 99.5 Å². The molecule has 3 nitrogen and oxygen atoms in total. The fourth-order valence-corrected chi connectivity index (χ4v) is 3.12. The van der Waals surface area contributed by atoms with Gasteiger partial charge < -0.3 is 15.0 Å². The SMILES string of the molecule is CN(CC1CCOCC1)CC1(C)CCCN1. The molecule has 3 heteroatoms. The molecule has 0 spiro atoms. The molecular weight excluding hydrogens is 200 g/mol. The van der Waals surface area contributed by atoms with Crippen LogP contribution in [0.25, 0.3) is 0 Å². The summed E-state index contributed by atoms with van der Waals surface area (Å²) in [5.74, 6) is 0.851. The van der Waals surface area contributed by atoms with E-state index in [9.17, 15) is 0 Å².